The number of anilines is 2. The summed E-state index contributed by atoms with van der Waals surface area (Å²) in [6.45, 7) is 12.2. The molecule has 2 heterocycles. The van der Waals surface area contributed by atoms with Crippen LogP contribution in [0, 0.1) is 5.82 Å². The first-order chi connectivity index (χ1) is 18.2. The lowest BCUT2D eigenvalue weighted by atomic mass is 9.96. The van der Waals surface area contributed by atoms with E-state index in [1.54, 1.807) is 6.33 Å². The summed E-state index contributed by atoms with van der Waals surface area (Å²) >= 11 is 0. The lowest BCUT2D eigenvalue weighted by Crippen LogP contribution is -2.48. The molecule has 0 bridgehead atoms. The van der Waals surface area contributed by atoms with Gasteiger partial charge in [-0.1, -0.05) is 54.6 Å². The molecule has 1 fully saturated rings. The zero-order valence-corrected chi connectivity index (χ0v) is 22.2. The standard InChI is InChI=1S/C26H29FN6.CH4O3S/c1-3-14-32(15-4-2)25-28-20-29-26(30-25)33-18-16-31(17-19-33)24(21-8-6-5-7-9-21)22-10-12-23(27)13-11-22;1-5(2,3)4/h3-13,20,24H,1-2,14-19H2;1H3,(H,2,3,4). The third kappa shape index (κ3) is 8.72. The van der Waals surface area contributed by atoms with Crippen molar-refractivity contribution in [1.82, 2.24) is 19.9 Å². The van der Waals surface area contributed by atoms with Gasteiger partial charge in [0.25, 0.3) is 10.1 Å². The predicted molar refractivity (Wildman–Crippen MR) is 148 cm³/mol. The minimum atomic E-state index is -3.67. The Morgan fingerprint density at radius 3 is 2.08 bits per heavy atom. The van der Waals surface area contributed by atoms with Gasteiger partial charge in [-0.3, -0.25) is 9.45 Å². The Morgan fingerprint density at radius 2 is 1.53 bits per heavy atom. The third-order valence-electron chi connectivity index (χ3n) is 5.79. The number of nitrogens with zero attached hydrogens (tertiary/aromatic N) is 6. The first-order valence-corrected chi connectivity index (χ1v) is 13.9. The molecular weight excluding hydrogens is 507 g/mol. The smallest absolute Gasteiger partial charge is 0.261 e. The van der Waals surface area contributed by atoms with Gasteiger partial charge in [0.05, 0.1) is 12.3 Å². The summed E-state index contributed by atoms with van der Waals surface area (Å²) in [6, 6.07) is 17.3. The molecule has 1 N–H and O–H groups in total. The molecule has 1 saturated heterocycles. The van der Waals surface area contributed by atoms with Crippen molar-refractivity contribution in [3.05, 3.63) is 103 Å². The second-order valence-corrected chi connectivity index (χ2v) is 10.2. The van der Waals surface area contributed by atoms with Crippen LogP contribution in [0.25, 0.3) is 0 Å². The van der Waals surface area contributed by atoms with E-state index >= 15 is 0 Å². The van der Waals surface area contributed by atoms with Crippen molar-refractivity contribution in [2.24, 2.45) is 0 Å². The normalized spacial score (nSPS) is 14.7. The molecule has 1 unspecified atom stereocenters. The zero-order chi connectivity index (χ0) is 27.5. The molecular formula is C27H33FN6O3S. The number of hydrogen-bond acceptors (Lipinski definition) is 8. The summed E-state index contributed by atoms with van der Waals surface area (Å²) < 4.78 is 39.4. The monoisotopic (exact) mass is 540 g/mol. The second kappa shape index (κ2) is 13.8. The maximum Gasteiger partial charge on any atom is 0.261 e. The lowest BCUT2D eigenvalue weighted by Gasteiger charge is -2.39. The average molecular weight is 541 g/mol. The van der Waals surface area contributed by atoms with Crippen molar-refractivity contribution >= 4 is 22.0 Å². The van der Waals surface area contributed by atoms with Crippen molar-refractivity contribution in [3.63, 3.8) is 0 Å². The summed E-state index contributed by atoms with van der Waals surface area (Å²) in [6.07, 6.45) is 5.93. The molecule has 1 aliphatic rings. The van der Waals surface area contributed by atoms with Crippen LogP contribution in [0.3, 0.4) is 0 Å². The van der Waals surface area contributed by atoms with Crippen LogP contribution >= 0.6 is 0 Å². The summed E-state index contributed by atoms with van der Waals surface area (Å²) in [7, 11) is -3.67. The van der Waals surface area contributed by atoms with Crippen LogP contribution in [-0.2, 0) is 10.1 Å². The van der Waals surface area contributed by atoms with Crippen LogP contribution in [0.5, 0.6) is 0 Å². The molecule has 1 aromatic heterocycles. The lowest BCUT2D eigenvalue weighted by molar-refractivity contribution is 0.211. The van der Waals surface area contributed by atoms with Gasteiger partial charge >= 0.3 is 0 Å². The van der Waals surface area contributed by atoms with Gasteiger partial charge in [0.1, 0.15) is 12.1 Å². The average Bonchev–Trinajstić information content (AvgIpc) is 2.90. The first-order valence-electron chi connectivity index (χ1n) is 12.1. The molecule has 38 heavy (non-hydrogen) atoms. The molecule has 0 spiro atoms. The number of rotatable bonds is 9. The largest absolute Gasteiger partial charge is 0.338 e. The van der Waals surface area contributed by atoms with Gasteiger partial charge < -0.3 is 9.80 Å². The summed E-state index contributed by atoms with van der Waals surface area (Å²) in [5.74, 6) is 1.08. The highest BCUT2D eigenvalue weighted by atomic mass is 32.2. The number of aromatic nitrogens is 3. The van der Waals surface area contributed by atoms with E-state index in [9.17, 15) is 12.8 Å². The fraction of sp³-hybridized carbons (Fsp3) is 0.296. The maximum atomic E-state index is 13.6. The van der Waals surface area contributed by atoms with Gasteiger partial charge in [-0.05, 0) is 23.3 Å². The van der Waals surface area contributed by atoms with E-state index in [4.69, 9.17) is 9.54 Å². The number of benzene rings is 2. The molecule has 0 aliphatic carbocycles. The van der Waals surface area contributed by atoms with E-state index < -0.39 is 10.1 Å². The summed E-state index contributed by atoms with van der Waals surface area (Å²) in [5, 5.41) is 0. The van der Waals surface area contributed by atoms with Crippen LogP contribution < -0.4 is 9.80 Å². The molecule has 3 aromatic rings. The van der Waals surface area contributed by atoms with Gasteiger partial charge in [0.15, 0.2) is 0 Å². The highest BCUT2D eigenvalue weighted by Gasteiger charge is 2.27. The topological polar surface area (TPSA) is 103 Å². The molecule has 202 valence electrons. The summed E-state index contributed by atoms with van der Waals surface area (Å²) in [5.41, 5.74) is 2.28. The van der Waals surface area contributed by atoms with Crippen molar-refractivity contribution < 1.29 is 17.4 Å². The highest BCUT2D eigenvalue weighted by Crippen LogP contribution is 2.30. The van der Waals surface area contributed by atoms with Crippen LogP contribution in [0.1, 0.15) is 17.2 Å². The van der Waals surface area contributed by atoms with E-state index in [0.29, 0.717) is 31.2 Å². The molecule has 1 aliphatic heterocycles. The van der Waals surface area contributed by atoms with Gasteiger partial charge in [-0.2, -0.15) is 13.4 Å². The number of piperazine rings is 1. The Hall–Kier alpha value is -3.67. The molecule has 0 amide bonds. The molecule has 4 rings (SSSR count). The summed E-state index contributed by atoms with van der Waals surface area (Å²) in [4.78, 5) is 20.1. The van der Waals surface area contributed by atoms with Crippen LogP contribution in [0.15, 0.2) is 86.2 Å². The molecule has 0 saturated carbocycles. The Kier molecular flexibility index (Phi) is 10.5. The van der Waals surface area contributed by atoms with Crippen LogP contribution in [0.2, 0.25) is 0 Å². The molecule has 1 atom stereocenters. The van der Waals surface area contributed by atoms with E-state index in [-0.39, 0.29) is 11.9 Å². The Balaban J connectivity index is 0.000000732. The Morgan fingerprint density at radius 1 is 0.974 bits per heavy atom. The third-order valence-corrected chi connectivity index (χ3v) is 5.79. The van der Waals surface area contributed by atoms with Gasteiger partial charge in [0.2, 0.25) is 11.9 Å². The van der Waals surface area contributed by atoms with Crippen molar-refractivity contribution in [2.75, 3.05) is 55.3 Å². The van der Waals surface area contributed by atoms with E-state index in [1.165, 1.54) is 17.7 Å². The van der Waals surface area contributed by atoms with Gasteiger partial charge in [0, 0.05) is 39.3 Å². The zero-order valence-electron chi connectivity index (χ0n) is 21.4. The van der Waals surface area contributed by atoms with E-state index in [1.807, 2.05) is 47.4 Å². The fourth-order valence-electron chi connectivity index (χ4n) is 4.21. The van der Waals surface area contributed by atoms with Crippen LogP contribution in [0.4, 0.5) is 16.3 Å². The van der Waals surface area contributed by atoms with E-state index in [0.717, 1.165) is 31.7 Å². The highest BCUT2D eigenvalue weighted by molar-refractivity contribution is 7.85. The van der Waals surface area contributed by atoms with Crippen LogP contribution in [-0.4, -0.2) is 78.3 Å². The predicted octanol–water partition coefficient (Wildman–Crippen LogP) is 3.60. The molecule has 0 radical (unpaired) electrons. The number of hydrogen-bond donors (Lipinski definition) is 1. The first kappa shape index (κ1) is 28.9. The molecule has 11 heteroatoms. The quantitative estimate of drug-likeness (QED) is 0.322. The Bertz CT molecular complexity index is 1270. The minimum Gasteiger partial charge on any atom is -0.338 e. The van der Waals surface area contributed by atoms with Crippen molar-refractivity contribution in [2.45, 2.75) is 6.04 Å². The molecule has 9 nitrogen and oxygen atoms in total. The van der Waals surface area contributed by atoms with Crippen molar-refractivity contribution in [1.29, 1.82) is 0 Å². The number of halogens is 1. The fourth-order valence-corrected chi connectivity index (χ4v) is 4.21. The van der Waals surface area contributed by atoms with Crippen molar-refractivity contribution in [3.8, 4) is 0 Å². The molecule has 2 aromatic carbocycles. The Labute approximate surface area is 223 Å². The van der Waals surface area contributed by atoms with Gasteiger partial charge in [-0.15, -0.1) is 13.2 Å². The van der Waals surface area contributed by atoms with Gasteiger partial charge in [-0.25, -0.2) is 14.4 Å². The SMILES string of the molecule is C=CCN(CC=C)c1ncnc(N2CCN(C(c3ccccc3)c3ccc(F)cc3)CC2)n1.CS(=O)(=O)O. The second-order valence-electron chi connectivity index (χ2n) is 8.69. The maximum absolute atomic E-state index is 13.6. The van der Waals surface area contributed by atoms with E-state index in [2.05, 4.69) is 45.1 Å². The minimum absolute atomic E-state index is 0.0681.